The average Bonchev–Trinajstić information content (AvgIpc) is 3.00. The maximum atomic E-state index is 13.5. The Hall–Kier alpha value is -1.93. The molecule has 0 spiro atoms. The minimum Gasteiger partial charge on any atom is -0.357 e. The average molecular weight is 244 g/mol. The van der Waals surface area contributed by atoms with Crippen LogP contribution in [-0.4, -0.2) is 15.5 Å². The predicted octanol–water partition coefficient (Wildman–Crippen LogP) is 2.22. The first kappa shape index (κ1) is 11.2. The van der Waals surface area contributed by atoms with Crippen molar-refractivity contribution in [3.8, 4) is 6.07 Å². The van der Waals surface area contributed by atoms with Crippen LogP contribution in [0.2, 0.25) is 0 Å². The number of nitrogens with one attached hydrogen (secondary N) is 2. The Morgan fingerprint density at radius 1 is 1.61 bits per heavy atom. The fourth-order valence-corrected chi connectivity index (χ4v) is 2.01. The molecule has 0 aromatic carbocycles. The van der Waals surface area contributed by atoms with Gasteiger partial charge >= 0.3 is 0 Å². The van der Waals surface area contributed by atoms with Crippen LogP contribution in [0.25, 0.3) is 11.0 Å². The molecule has 0 amide bonds. The molecule has 1 fully saturated rings. The van der Waals surface area contributed by atoms with Gasteiger partial charge in [0.1, 0.15) is 17.3 Å². The highest BCUT2D eigenvalue weighted by Crippen LogP contribution is 2.34. The fraction of sp³-hybridized carbons (Fsp3) is 0.385. The van der Waals surface area contributed by atoms with E-state index in [0.29, 0.717) is 12.1 Å². The second kappa shape index (κ2) is 3.79. The normalized spacial score (nSPS) is 16.7. The number of nitriles is 1. The first-order chi connectivity index (χ1) is 8.61. The minimum atomic E-state index is -0.416. The third-order valence-corrected chi connectivity index (χ3v) is 3.49. The largest absolute Gasteiger partial charge is 0.357 e. The van der Waals surface area contributed by atoms with Crippen molar-refractivity contribution in [2.45, 2.75) is 31.8 Å². The molecule has 0 bridgehead atoms. The lowest BCUT2D eigenvalue weighted by Gasteiger charge is -2.11. The van der Waals surface area contributed by atoms with E-state index in [4.69, 9.17) is 5.26 Å². The zero-order valence-corrected chi connectivity index (χ0v) is 10.0. The summed E-state index contributed by atoms with van der Waals surface area (Å²) in [6.07, 6.45) is 3.60. The third kappa shape index (κ3) is 1.85. The van der Waals surface area contributed by atoms with E-state index < -0.39 is 5.82 Å². The van der Waals surface area contributed by atoms with Crippen LogP contribution in [0, 0.1) is 17.1 Å². The molecule has 1 saturated carbocycles. The van der Waals surface area contributed by atoms with Crippen molar-refractivity contribution in [2.24, 2.45) is 0 Å². The first-order valence-corrected chi connectivity index (χ1v) is 5.93. The lowest BCUT2D eigenvalue weighted by molar-refractivity contribution is 0.539. The highest BCUT2D eigenvalue weighted by Gasteiger charge is 2.36. The smallest absolute Gasteiger partial charge is 0.166 e. The Labute approximate surface area is 104 Å². The van der Waals surface area contributed by atoms with E-state index in [1.54, 1.807) is 6.07 Å². The van der Waals surface area contributed by atoms with Crippen molar-refractivity contribution in [3.63, 3.8) is 0 Å². The minimum absolute atomic E-state index is 0.202. The molecular weight excluding hydrogens is 231 g/mol. The van der Waals surface area contributed by atoms with E-state index >= 15 is 0 Å². The Balaban J connectivity index is 2.00. The molecule has 18 heavy (non-hydrogen) atoms. The zero-order valence-electron chi connectivity index (χ0n) is 10.0. The molecule has 4 nitrogen and oxygen atoms in total. The van der Waals surface area contributed by atoms with Crippen LogP contribution in [0.15, 0.2) is 12.3 Å². The molecule has 0 radical (unpaired) electrons. The maximum absolute atomic E-state index is 13.5. The lowest BCUT2D eigenvalue weighted by atomic mass is 10.1. The van der Waals surface area contributed by atoms with Gasteiger partial charge in [0.25, 0.3) is 0 Å². The predicted molar refractivity (Wildman–Crippen MR) is 65.2 cm³/mol. The number of fused-ring (bicyclic) bond motifs is 1. The van der Waals surface area contributed by atoms with Gasteiger partial charge in [0.05, 0.1) is 5.52 Å². The molecule has 1 aliphatic rings. The molecule has 2 aromatic heterocycles. The molecule has 0 atom stereocenters. The van der Waals surface area contributed by atoms with Crippen molar-refractivity contribution in [2.75, 3.05) is 0 Å². The van der Waals surface area contributed by atoms with Gasteiger partial charge in [-0.2, -0.15) is 5.26 Å². The number of H-pyrrole nitrogens is 1. The summed E-state index contributed by atoms with van der Waals surface area (Å²) in [6.45, 7) is 2.77. The standard InChI is InChI=1S/C13H13FN4/c1-13(2-3-13)17-6-8-4-9(5-15)18-12-10(14)7-16-11(8)12/h4,7,16-17H,2-3,6H2,1H3. The summed E-state index contributed by atoms with van der Waals surface area (Å²) in [4.78, 5) is 6.86. The van der Waals surface area contributed by atoms with E-state index in [2.05, 4.69) is 22.2 Å². The number of hydrogen-bond acceptors (Lipinski definition) is 3. The van der Waals surface area contributed by atoms with Gasteiger partial charge in [-0.25, -0.2) is 9.37 Å². The highest BCUT2D eigenvalue weighted by atomic mass is 19.1. The van der Waals surface area contributed by atoms with E-state index in [1.165, 1.54) is 6.20 Å². The van der Waals surface area contributed by atoms with Gasteiger partial charge in [0, 0.05) is 18.3 Å². The molecule has 5 heteroatoms. The summed E-state index contributed by atoms with van der Waals surface area (Å²) >= 11 is 0. The van der Waals surface area contributed by atoms with Gasteiger partial charge in [0.15, 0.2) is 5.82 Å². The van der Waals surface area contributed by atoms with Gasteiger partial charge < -0.3 is 10.3 Å². The van der Waals surface area contributed by atoms with Crippen molar-refractivity contribution in [1.82, 2.24) is 15.3 Å². The Bertz CT molecular complexity index is 649. The van der Waals surface area contributed by atoms with Crippen molar-refractivity contribution >= 4 is 11.0 Å². The number of nitrogens with zero attached hydrogens (tertiary/aromatic N) is 2. The first-order valence-electron chi connectivity index (χ1n) is 5.93. The summed E-state index contributed by atoms with van der Waals surface area (Å²) in [5.74, 6) is -0.416. The number of aromatic nitrogens is 2. The van der Waals surface area contributed by atoms with Crippen molar-refractivity contribution in [1.29, 1.82) is 5.26 Å². The quantitative estimate of drug-likeness (QED) is 0.870. The van der Waals surface area contributed by atoms with E-state index in [9.17, 15) is 4.39 Å². The number of rotatable bonds is 3. The molecule has 2 aromatic rings. The second-order valence-corrected chi connectivity index (χ2v) is 5.05. The van der Waals surface area contributed by atoms with Crippen molar-refractivity contribution < 1.29 is 4.39 Å². The highest BCUT2D eigenvalue weighted by molar-refractivity contribution is 5.80. The van der Waals surface area contributed by atoms with Crippen molar-refractivity contribution in [3.05, 3.63) is 29.3 Å². The summed E-state index contributed by atoms with van der Waals surface area (Å²) in [5, 5.41) is 12.3. The molecule has 2 N–H and O–H groups in total. The van der Waals surface area contributed by atoms with Crippen LogP contribution >= 0.6 is 0 Å². The maximum Gasteiger partial charge on any atom is 0.166 e. The monoisotopic (exact) mass is 244 g/mol. The Morgan fingerprint density at radius 3 is 3.06 bits per heavy atom. The fourth-order valence-electron chi connectivity index (χ4n) is 2.01. The summed E-state index contributed by atoms with van der Waals surface area (Å²) in [6, 6.07) is 3.68. The zero-order chi connectivity index (χ0) is 12.8. The van der Waals surface area contributed by atoms with Gasteiger partial charge in [0.2, 0.25) is 0 Å². The van der Waals surface area contributed by atoms with Crippen LogP contribution in [0.5, 0.6) is 0 Å². The topological polar surface area (TPSA) is 64.5 Å². The summed E-state index contributed by atoms with van der Waals surface area (Å²) in [7, 11) is 0. The number of pyridine rings is 1. The summed E-state index contributed by atoms with van der Waals surface area (Å²) in [5.41, 5.74) is 2.25. The molecule has 0 saturated heterocycles. The van der Waals surface area contributed by atoms with Gasteiger partial charge in [-0.05, 0) is 31.4 Å². The molecule has 2 heterocycles. The molecule has 0 aliphatic heterocycles. The van der Waals surface area contributed by atoms with Crippen LogP contribution in [-0.2, 0) is 6.54 Å². The molecule has 1 aliphatic carbocycles. The second-order valence-electron chi connectivity index (χ2n) is 5.05. The molecule has 0 unspecified atom stereocenters. The van der Waals surface area contributed by atoms with Crippen LogP contribution in [0.1, 0.15) is 31.0 Å². The van der Waals surface area contributed by atoms with Crippen LogP contribution in [0.4, 0.5) is 4.39 Å². The van der Waals surface area contributed by atoms with Gasteiger partial charge in [-0.1, -0.05) is 0 Å². The SMILES string of the molecule is CC1(NCc2cc(C#N)nc3c(F)c[nH]c23)CC1. The molecule has 92 valence electrons. The molecule has 3 rings (SSSR count). The number of aromatic amines is 1. The summed E-state index contributed by atoms with van der Waals surface area (Å²) < 4.78 is 13.5. The number of hydrogen-bond donors (Lipinski definition) is 2. The van der Waals surface area contributed by atoms with Gasteiger partial charge in [-0.15, -0.1) is 0 Å². The van der Waals surface area contributed by atoms with Gasteiger partial charge in [-0.3, -0.25) is 0 Å². The van der Waals surface area contributed by atoms with Crippen LogP contribution < -0.4 is 5.32 Å². The van der Waals surface area contributed by atoms with E-state index in [0.717, 1.165) is 18.4 Å². The Kier molecular flexibility index (Phi) is 2.35. The van der Waals surface area contributed by atoms with E-state index in [-0.39, 0.29) is 16.7 Å². The van der Waals surface area contributed by atoms with Crippen LogP contribution in [0.3, 0.4) is 0 Å². The Morgan fingerprint density at radius 2 is 2.39 bits per heavy atom. The number of halogens is 1. The van der Waals surface area contributed by atoms with E-state index in [1.807, 2.05) is 6.07 Å². The lowest BCUT2D eigenvalue weighted by Crippen LogP contribution is -2.27. The molecular formula is C13H13FN4. The third-order valence-electron chi connectivity index (χ3n) is 3.49.